The van der Waals surface area contributed by atoms with E-state index in [0.29, 0.717) is 16.9 Å². The number of hydrogen-bond acceptors (Lipinski definition) is 4. The number of halogens is 1. The Morgan fingerprint density at radius 3 is 3.05 bits per heavy atom. The lowest BCUT2D eigenvalue weighted by Crippen LogP contribution is -2.52. The molecule has 1 atom stereocenters. The molecule has 1 unspecified atom stereocenters. The molecule has 2 fully saturated rings. The zero-order valence-corrected chi connectivity index (χ0v) is 11.4. The van der Waals surface area contributed by atoms with Gasteiger partial charge in [0, 0.05) is 25.7 Å². The number of piperazine rings is 1. The normalized spacial score (nSPS) is 23.4. The number of anilines is 1. The average Bonchev–Trinajstić information content (AvgIpc) is 2.88. The maximum Gasteiger partial charge on any atom is 0.274 e. The van der Waals surface area contributed by atoms with Crippen LogP contribution in [0.3, 0.4) is 0 Å². The quantitative estimate of drug-likeness (QED) is 0.841. The van der Waals surface area contributed by atoms with Crippen molar-refractivity contribution in [3.8, 4) is 0 Å². The lowest BCUT2D eigenvalue weighted by Gasteiger charge is -2.37. The summed E-state index contributed by atoms with van der Waals surface area (Å²) in [7, 11) is 0. The van der Waals surface area contributed by atoms with Crippen molar-refractivity contribution in [2.75, 3.05) is 31.9 Å². The van der Waals surface area contributed by atoms with E-state index in [4.69, 9.17) is 17.3 Å². The third kappa shape index (κ3) is 2.40. The molecule has 2 aliphatic rings. The molecule has 1 aromatic heterocycles. The maximum atomic E-state index is 12.5. The number of pyridine rings is 1. The molecule has 0 spiro atoms. The van der Waals surface area contributed by atoms with Gasteiger partial charge in [0.25, 0.3) is 5.91 Å². The van der Waals surface area contributed by atoms with Crippen LogP contribution in [0.2, 0.25) is 5.02 Å². The third-order valence-corrected chi connectivity index (χ3v) is 4.25. The van der Waals surface area contributed by atoms with Crippen LogP contribution in [0.15, 0.2) is 12.1 Å². The van der Waals surface area contributed by atoms with Crippen molar-refractivity contribution in [2.24, 2.45) is 0 Å². The van der Waals surface area contributed by atoms with E-state index in [2.05, 4.69) is 9.88 Å². The van der Waals surface area contributed by atoms with Gasteiger partial charge in [0.05, 0.1) is 5.02 Å². The van der Waals surface area contributed by atoms with Crippen molar-refractivity contribution >= 4 is 23.3 Å². The summed E-state index contributed by atoms with van der Waals surface area (Å²) in [4.78, 5) is 20.8. The van der Waals surface area contributed by atoms with Gasteiger partial charge in [-0.1, -0.05) is 11.6 Å². The Bertz CT molecular complexity index is 507. The fourth-order valence-corrected chi connectivity index (χ4v) is 3.12. The number of amides is 1. The Labute approximate surface area is 117 Å². The molecule has 2 N–H and O–H groups in total. The highest BCUT2D eigenvalue weighted by Crippen LogP contribution is 2.24. The van der Waals surface area contributed by atoms with E-state index in [0.717, 1.165) is 26.2 Å². The van der Waals surface area contributed by atoms with Gasteiger partial charge >= 0.3 is 0 Å². The zero-order valence-electron chi connectivity index (χ0n) is 10.7. The first kappa shape index (κ1) is 12.7. The first-order valence-electron chi connectivity index (χ1n) is 6.60. The molecule has 1 amide bonds. The number of fused-ring (bicyclic) bond motifs is 1. The minimum atomic E-state index is -0.108. The second-order valence-electron chi connectivity index (χ2n) is 5.15. The molecule has 2 aliphatic heterocycles. The number of nitrogens with zero attached hydrogens (tertiary/aromatic N) is 3. The number of rotatable bonds is 1. The zero-order chi connectivity index (χ0) is 13.4. The predicted octanol–water partition coefficient (Wildman–Crippen LogP) is 1.24. The van der Waals surface area contributed by atoms with Crippen LogP contribution in [-0.4, -0.2) is 52.9 Å². The molecule has 5 nitrogen and oxygen atoms in total. The summed E-state index contributed by atoms with van der Waals surface area (Å²) >= 11 is 6.05. The molecule has 0 saturated carbocycles. The van der Waals surface area contributed by atoms with Crippen LogP contribution >= 0.6 is 11.6 Å². The molecule has 0 aromatic carbocycles. The van der Waals surface area contributed by atoms with Crippen LogP contribution in [0.4, 0.5) is 5.82 Å². The molecule has 0 aliphatic carbocycles. The number of nitrogens with two attached hydrogens (primary N) is 1. The van der Waals surface area contributed by atoms with Gasteiger partial charge in [0.15, 0.2) is 0 Å². The van der Waals surface area contributed by atoms with Gasteiger partial charge in [-0.25, -0.2) is 4.98 Å². The Kier molecular flexibility index (Phi) is 3.33. The monoisotopic (exact) mass is 280 g/mol. The standard InChI is InChI=1S/C13H17ClN4O/c14-10-3-4-11(15)16-12(10)13(19)18-7-6-17-5-1-2-9(17)8-18/h3-4,9H,1-2,5-8H2,(H2,15,16). The number of carbonyl (C=O) groups is 1. The highest BCUT2D eigenvalue weighted by molar-refractivity contribution is 6.33. The van der Waals surface area contributed by atoms with Crippen LogP contribution in [-0.2, 0) is 0 Å². The summed E-state index contributed by atoms with van der Waals surface area (Å²) in [5.74, 6) is 0.219. The highest BCUT2D eigenvalue weighted by Gasteiger charge is 2.33. The van der Waals surface area contributed by atoms with Crippen molar-refractivity contribution in [1.82, 2.24) is 14.8 Å². The van der Waals surface area contributed by atoms with Gasteiger partial charge in [-0.2, -0.15) is 0 Å². The first-order valence-corrected chi connectivity index (χ1v) is 6.98. The van der Waals surface area contributed by atoms with E-state index in [1.807, 2.05) is 4.90 Å². The topological polar surface area (TPSA) is 62.5 Å². The minimum Gasteiger partial charge on any atom is -0.384 e. The number of carbonyl (C=O) groups excluding carboxylic acids is 1. The molecule has 102 valence electrons. The Morgan fingerprint density at radius 2 is 2.21 bits per heavy atom. The van der Waals surface area contributed by atoms with Crippen molar-refractivity contribution in [3.63, 3.8) is 0 Å². The van der Waals surface area contributed by atoms with E-state index in [1.54, 1.807) is 12.1 Å². The van der Waals surface area contributed by atoms with E-state index in [-0.39, 0.29) is 11.6 Å². The van der Waals surface area contributed by atoms with Gasteiger partial charge < -0.3 is 10.6 Å². The molecule has 0 bridgehead atoms. The molecule has 3 heterocycles. The van der Waals surface area contributed by atoms with Crippen molar-refractivity contribution in [2.45, 2.75) is 18.9 Å². The van der Waals surface area contributed by atoms with E-state index in [1.165, 1.54) is 12.8 Å². The number of nitrogen functional groups attached to an aromatic ring is 1. The summed E-state index contributed by atoms with van der Waals surface area (Å²) < 4.78 is 0. The lowest BCUT2D eigenvalue weighted by molar-refractivity contribution is 0.0566. The van der Waals surface area contributed by atoms with E-state index in [9.17, 15) is 4.79 Å². The Balaban J connectivity index is 1.78. The van der Waals surface area contributed by atoms with Crippen LogP contribution in [0, 0.1) is 0 Å². The van der Waals surface area contributed by atoms with Crippen molar-refractivity contribution in [3.05, 3.63) is 22.8 Å². The van der Waals surface area contributed by atoms with Crippen molar-refractivity contribution in [1.29, 1.82) is 0 Å². The van der Waals surface area contributed by atoms with Crippen LogP contribution in [0.1, 0.15) is 23.3 Å². The summed E-state index contributed by atoms with van der Waals surface area (Å²) in [5, 5.41) is 0.369. The number of hydrogen-bond donors (Lipinski definition) is 1. The summed E-state index contributed by atoms with van der Waals surface area (Å²) in [6.45, 7) is 3.61. The average molecular weight is 281 g/mol. The van der Waals surface area contributed by atoms with E-state index >= 15 is 0 Å². The molecule has 6 heteroatoms. The van der Waals surface area contributed by atoms with Gasteiger partial charge in [0.1, 0.15) is 11.5 Å². The molecule has 19 heavy (non-hydrogen) atoms. The van der Waals surface area contributed by atoms with Gasteiger partial charge in [-0.3, -0.25) is 9.69 Å². The largest absolute Gasteiger partial charge is 0.384 e. The van der Waals surface area contributed by atoms with Crippen LogP contribution in [0.5, 0.6) is 0 Å². The number of aromatic nitrogens is 1. The van der Waals surface area contributed by atoms with Crippen LogP contribution < -0.4 is 5.73 Å². The smallest absolute Gasteiger partial charge is 0.274 e. The van der Waals surface area contributed by atoms with Gasteiger partial charge in [-0.05, 0) is 31.5 Å². The molecule has 1 aromatic rings. The second-order valence-corrected chi connectivity index (χ2v) is 5.56. The first-order chi connectivity index (χ1) is 9.15. The molecular formula is C13H17ClN4O. The maximum absolute atomic E-state index is 12.5. The fraction of sp³-hybridized carbons (Fsp3) is 0.538. The Hall–Kier alpha value is -1.33. The molecular weight excluding hydrogens is 264 g/mol. The van der Waals surface area contributed by atoms with Crippen LogP contribution in [0.25, 0.3) is 0 Å². The molecule has 2 saturated heterocycles. The van der Waals surface area contributed by atoms with Crippen molar-refractivity contribution < 1.29 is 4.79 Å². The lowest BCUT2D eigenvalue weighted by atomic mass is 10.1. The SMILES string of the molecule is Nc1ccc(Cl)c(C(=O)N2CCN3CCCC3C2)n1. The Morgan fingerprint density at radius 1 is 1.37 bits per heavy atom. The third-order valence-electron chi connectivity index (χ3n) is 3.94. The highest BCUT2D eigenvalue weighted by atomic mass is 35.5. The fourth-order valence-electron chi connectivity index (χ4n) is 2.93. The van der Waals surface area contributed by atoms with Gasteiger partial charge in [0.2, 0.25) is 0 Å². The summed E-state index contributed by atoms with van der Waals surface area (Å²) in [6, 6.07) is 3.73. The molecule has 3 rings (SSSR count). The predicted molar refractivity (Wildman–Crippen MR) is 74.2 cm³/mol. The van der Waals surface area contributed by atoms with Gasteiger partial charge in [-0.15, -0.1) is 0 Å². The summed E-state index contributed by atoms with van der Waals surface area (Å²) in [5.41, 5.74) is 5.90. The molecule has 0 radical (unpaired) electrons. The second kappa shape index (κ2) is 4.98. The van der Waals surface area contributed by atoms with E-state index < -0.39 is 0 Å². The summed E-state index contributed by atoms with van der Waals surface area (Å²) in [6.07, 6.45) is 2.39. The minimum absolute atomic E-state index is 0.108.